The molecule has 1 spiro atoms. The highest BCUT2D eigenvalue weighted by molar-refractivity contribution is 5.87. The minimum absolute atomic E-state index is 0.0532. The molecule has 7 nitrogen and oxygen atoms in total. The predicted octanol–water partition coefficient (Wildman–Crippen LogP) is 4.02. The van der Waals surface area contributed by atoms with Crippen LogP contribution in [0.25, 0.3) is 0 Å². The fourth-order valence-corrected chi connectivity index (χ4v) is 4.83. The van der Waals surface area contributed by atoms with Crippen LogP contribution in [0, 0.1) is 5.92 Å². The standard InChI is InChI=1S/C27H41NO6/c1-6-22-14-27(16-32-27)15-23(34-22)10-7-18(2)8-11-25-19(3)13-24(21(5)33-25)28-26(30)12-9-20(4)31-17-29/h7-10,12,17,19-25H,6,11,13-16H2,1-5H3,(H,28,30)/b10-7+,12-9-,18-8+/t19?,20?,21?,22-,23?,24?,25?,27?/m1/s1. The van der Waals surface area contributed by atoms with Gasteiger partial charge < -0.3 is 24.3 Å². The van der Waals surface area contributed by atoms with Crippen LogP contribution in [0.15, 0.2) is 36.0 Å². The zero-order valence-corrected chi connectivity index (χ0v) is 21.2. The first-order chi connectivity index (χ1) is 16.2. The first-order valence-electron chi connectivity index (χ1n) is 12.6. The second-order valence-corrected chi connectivity index (χ2v) is 10.1. The van der Waals surface area contributed by atoms with Gasteiger partial charge in [0.2, 0.25) is 5.91 Å². The van der Waals surface area contributed by atoms with Gasteiger partial charge in [-0.25, -0.2) is 0 Å². The zero-order valence-electron chi connectivity index (χ0n) is 21.2. The Morgan fingerprint density at radius 2 is 2.00 bits per heavy atom. The Balaban J connectivity index is 1.46. The maximum Gasteiger partial charge on any atom is 0.293 e. The van der Waals surface area contributed by atoms with Crippen molar-refractivity contribution in [1.82, 2.24) is 5.32 Å². The lowest BCUT2D eigenvalue weighted by Crippen LogP contribution is -2.50. The number of ether oxygens (including phenoxy) is 4. The molecule has 190 valence electrons. The smallest absolute Gasteiger partial charge is 0.293 e. The highest BCUT2D eigenvalue weighted by Gasteiger charge is 2.50. The Kier molecular flexibility index (Phi) is 9.51. The molecule has 34 heavy (non-hydrogen) atoms. The molecule has 0 bridgehead atoms. The third-order valence-electron chi connectivity index (χ3n) is 7.13. The highest BCUT2D eigenvalue weighted by atomic mass is 16.6. The molecule has 3 fully saturated rings. The molecule has 3 aliphatic rings. The summed E-state index contributed by atoms with van der Waals surface area (Å²) in [5.74, 6) is 0.108. The fourth-order valence-electron chi connectivity index (χ4n) is 4.83. The van der Waals surface area contributed by atoms with Gasteiger partial charge in [-0.1, -0.05) is 37.6 Å². The van der Waals surface area contributed by atoms with Crippen molar-refractivity contribution in [2.45, 2.75) is 109 Å². The van der Waals surface area contributed by atoms with Crippen molar-refractivity contribution in [3.8, 4) is 0 Å². The molecule has 3 heterocycles. The molecule has 1 amide bonds. The van der Waals surface area contributed by atoms with Gasteiger partial charge in [-0.3, -0.25) is 9.59 Å². The maximum atomic E-state index is 12.2. The zero-order chi connectivity index (χ0) is 24.7. The number of epoxide rings is 1. The van der Waals surface area contributed by atoms with Gasteiger partial charge in [-0.15, -0.1) is 0 Å². The van der Waals surface area contributed by atoms with Crippen LogP contribution in [0.1, 0.15) is 66.7 Å². The number of nitrogens with one attached hydrogen (secondary N) is 1. The van der Waals surface area contributed by atoms with Crippen LogP contribution in [-0.4, -0.2) is 61.1 Å². The van der Waals surface area contributed by atoms with E-state index < -0.39 is 6.10 Å². The third kappa shape index (κ3) is 7.79. The van der Waals surface area contributed by atoms with Crippen molar-refractivity contribution in [2.24, 2.45) is 5.92 Å². The second-order valence-electron chi connectivity index (χ2n) is 10.1. The lowest BCUT2D eigenvalue weighted by Gasteiger charge is -2.39. The van der Waals surface area contributed by atoms with Crippen molar-refractivity contribution in [1.29, 1.82) is 0 Å². The number of allylic oxidation sites excluding steroid dienone is 2. The summed E-state index contributed by atoms with van der Waals surface area (Å²) >= 11 is 0. The van der Waals surface area contributed by atoms with Gasteiger partial charge in [0.1, 0.15) is 6.10 Å². The summed E-state index contributed by atoms with van der Waals surface area (Å²) < 4.78 is 22.9. The quantitative estimate of drug-likeness (QED) is 0.222. The van der Waals surface area contributed by atoms with Gasteiger partial charge in [0.15, 0.2) is 0 Å². The van der Waals surface area contributed by atoms with Gasteiger partial charge in [0.05, 0.1) is 42.7 Å². The molecule has 8 atom stereocenters. The van der Waals surface area contributed by atoms with E-state index in [-0.39, 0.29) is 42.0 Å². The Morgan fingerprint density at radius 1 is 1.24 bits per heavy atom. The van der Waals surface area contributed by atoms with Gasteiger partial charge in [0.25, 0.3) is 6.47 Å². The molecule has 0 aromatic heterocycles. The van der Waals surface area contributed by atoms with Crippen LogP contribution in [0.3, 0.4) is 0 Å². The van der Waals surface area contributed by atoms with E-state index in [0.717, 1.165) is 38.7 Å². The van der Waals surface area contributed by atoms with E-state index in [1.54, 1.807) is 13.0 Å². The van der Waals surface area contributed by atoms with Crippen LogP contribution < -0.4 is 5.32 Å². The molecular weight excluding hydrogens is 434 g/mol. The van der Waals surface area contributed by atoms with Crippen LogP contribution in [0.4, 0.5) is 0 Å². The van der Waals surface area contributed by atoms with Crippen molar-refractivity contribution in [2.75, 3.05) is 6.61 Å². The number of hydrogen-bond acceptors (Lipinski definition) is 6. The molecule has 3 aliphatic heterocycles. The Hall–Kier alpha value is -1.96. The SMILES string of the molecule is CC[C@@H]1CC2(CO2)CC(/C=C/C(C)=C/CC2OC(C)C(NC(=O)/C=C\C(C)OC=O)CC2C)O1. The number of amides is 1. The molecule has 0 aromatic carbocycles. The van der Waals surface area contributed by atoms with E-state index in [1.165, 1.54) is 11.6 Å². The van der Waals surface area contributed by atoms with Gasteiger partial charge in [-0.2, -0.15) is 0 Å². The van der Waals surface area contributed by atoms with Gasteiger partial charge >= 0.3 is 0 Å². The summed E-state index contributed by atoms with van der Waals surface area (Å²) in [7, 11) is 0. The lowest BCUT2D eigenvalue weighted by molar-refractivity contribution is -0.131. The van der Waals surface area contributed by atoms with E-state index in [4.69, 9.17) is 18.9 Å². The monoisotopic (exact) mass is 475 g/mol. The maximum absolute atomic E-state index is 12.2. The number of carbonyl (C=O) groups excluding carboxylic acids is 2. The van der Waals surface area contributed by atoms with Crippen molar-refractivity contribution in [3.63, 3.8) is 0 Å². The van der Waals surface area contributed by atoms with Gasteiger partial charge in [-0.05, 0) is 52.0 Å². The van der Waals surface area contributed by atoms with E-state index in [0.29, 0.717) is 12.4 Å². The first-order valence-corrected chi connectivity index (χ1v) is 12.6. The van der Waals surface area contributed by atoms with E-state index in [9.17, 15) is 9.59 Å². The molecule has 7 heteroatoms. The van der Waals surface area contributed by atoms with Crippen molar-refractivity contribution in [3.05, 3.63) is 36.0 Å². The van der Waals surface area contributed by atoms with Crippen LogP contribution >= 0.6 is 0 Å². The first kappa shape index (κ1) is 26.6. The minimum Gasteiger partial charge on any atom is -0.461 e. The van der Waals surface area contributed by atoms with Crippen molar-refractivity contribution >= 4 is 12.4 Å². The summed E-state index contributed by atoms with van der Waals surface area (Å²) in [5.41, 5.74) is 1.26. The van der Waals surface area contributed by atoms with Crippen LogP contribution in [0.5, 0.6) is 0 Å². The molecule has 0 saturated carbocycles. The molecule has 0 aromatic rings. The topological polar surface area (TPSA) is 86.4 Å². The molecule has 1 N–H and O–H groups in total. The lowest BCUT2D eigenvalue weighted by atomic mass is 9.88. The molecule has 0 radical (unpaired) electrons. The van der Waals surface area contributed by atoms with Crippen LogP contribution in [0.2, 0.25) is 0 Å². The summed E-state index contributed by atoms with van der Waals surface area (Å²) in [4.78, 5) is 22.6. The predicted molar refractivity (Wildman–Crippen MR) is 130 cm³/mol. The summed E-state index contributed by atoms with van der Waals surface area (Å²) in [5, 5.41) is 3.01. The molecule has 0 aliphatic carbocycles. The van der Waals surface area contributed by atoms with Gasteiger partial charge in [0, 0.05) is 18.9 Å². The molecular formula is C27H41NO6. The second kappa shape index (κ2) is 12.1. The fraction of sp³-hybridized carbons (Fsp3) is 0.704. The highest BCUT2D eigenvalue weighted by Crippen LogP contribution is 2.43. The van der Waals surface area contributed by atoms with E-state index in [2.05, 4.69) is 44.3 Å². The average Bonchev–Trinajstić information content (AvgIpc) is 3.55. The Bertz CT molecular complexity index is 786. The minimum atomic E-state index is -0.434. The summed E-state index contributed by atoms with van der Waals surface area (Å²) in [6.07, 6.45) is 14.2. The Morgan fingerprint density at radius 3 is 2.68 bits per heavy atom. The van der Waals surface area contributed by atoms with Crippen LogP contribution in [-0.2, 0) is 28.5 Å². The number of rotatable bonds is 10. The normalized spacial score (nSPS) is 37.1. The van der Waals surface area contributed by atoms with Crippen molar-refractivity contribution < 1.29 is 28.5 Å². The molecule has 7 unspecified atom stereocenters. The number of hydrogen-bond donors (Lipinski definition) is 1. The third-order valence-corrected chi connectivity index (χ3v) is 7.13. The Labute approximate surface area is 203 Å². The summed E-state index contributed by atoms with van der Waals surface area (Å²) in [6.45, 7) is 11.4. The molecule has 3 saturated heterocycles. The average molecular weight is 476 g/mol. The van der Waals surface area contributed by atoms with E-state index >= 15 is 0 Å². The molecule has 3 rings (SSSR count). The van der Waals surface area contributed by atoms with E-state index in [1.807, 2.05) is 6.92 Å². The largest absolute Gasteiger partial charge is 0.461 e. The summed E-state index contributed by atoms with van der Waals surface area (Å²) in [6, 6.07) is -0.0532. The number of carbonyl (C=O) groups is 2.